The van der Waals surface area contributed by atoms with Gasteiger partial charge in [0.1, 0.15) is 11.5 Å². The maximum absolute atomic E-state index is 13.9. The van der Waals surface area contributed by atoms with E-state index in [1.807, 2.05) is 0 Å². The lowest BCUT2D eigenvalue weighted by molar-refractivity contribution is -0.138. The molecule has 3 aromatic rings. The largest absolute Gasteiger partial charge is 0.416 e. The summed E-state index contributed by atoms with van der Waals surface area (Å²) in [6, 6.07) is 4.99. The second-order valence-corrected chi connectivity index (χ2v) is 9.65. The summed E-state index contributed by atoms with van der Waals surface area (Å²) in [4.78, 5) is 33.9. The summed E-state index contributed by atoms with van der Waals surface area (Å²) >= 11 is 0. The minimum Gasteiger partial charge on any atom is -0.326 e. The highest BCUT2D eigenvalue weighted by atomic mass is 19.4. The van der Waals surface area contributed by atoms with Crippen molar-refractivity contribution in [2.24, 2.45) is 11.8 Å². The summed E-state index contributed by atoms with van der Waals surface area (Å²) in [5, 5.41) is 0. The van der Waals surface area contributed by atoms with E-state index in [9.17, 15) is 18.0 Å². The van der Waals surface area contributed by atoms with E-state index in [1.165, 1.54) is 19.1 Å². The van der Waals surface area contributed by atoms with Crippen molar-refractivity contribution in [2.45, 2.75) is 58.8 Å². The SMILES string of the molecule is Cc1nc(-c2ncccn2)c2c(n1)[C@H]1[C@H](C)C[C@H](C)[C@@H](C2)N1C(=O)c1cccc(C(F)(F)F)c1C. The van der Waals surface area contributed by atoms with Gasteiger partial charge in [-0.25, -0.2) is 19.9 Å². The molecular formula is C26H26F3N5O. The molecule has 2 aromatic heterocycles. The van der Waals surface area contributed by atoms with Crippen molar-refractivity contribution in [3.63, 3.8) is 0 Å². The number of aryl methyl sites for hydroxylation is 1. The Bertz CT molecular complexity index is 1290. The van der Waals surface area contributed by atoms with Gasteiger partial charge in [-0.1, -0.05) is 19.9 Å². The van der Waals surface area contributed by atoms with Crippen LogP contribution in [0.1, 0.15) is 64.9 Å². The van der Waals surface area contributed by atoms with Gasteiger partial charge in [-0.05, 0) is 62.3 Å². The average Bonchev–Trinajstić information content (AvgIpc) is 2.81. The van der Waals surface area contributed by atoms with Crippen LogP contribution in [0.2, 0.25) is 0 Å². The molecule has 0 radical (unpaired) electrons. The number of carbonyl (C=O) groups excluding carboxylic acids is 1. The van der Waals surface area contributed by atoms with Gasteiger partial charge in [0.2, 0.25) is 0 Å². The number of rotatable bonds is 2. The van der Waals surface area contributed by atoms with Crippen LogP contribution in [0.4, 0.5) is 13.2 Å². The lowest BCUT2D eigenvalue weighted by Gasteiger charge is -2.52. The minimum atomic E-state index is -4.53. The number of piperidine rings is 1. The number of carbonyl (C=O) groups is 1. The van der Waals surface area contributed by atoms with E-state index in [0.717, 1.165) is 23.7 Å². The molecule has 5 rings (SSSR count). The van der Waals surface area contributed by atoms with Crippen molar-refractivity contribution in [1.29, 1.82) is 0 Å². The standard InChI is InChI=1S/C26H26F3N5O/c1-13-11-14(2)23-21-18(22(33-16(4)32-21)24-30-9-6-10-31-24)12-20(13)34(23)25(35)17-7-5-8-19(15(17)3)26(27,28)29/h5-10,13-14,20,23H,11-12H2,1-4H3/t13-,14+,20+,23+/m0/s1. The van der Waals surface area contributed by atoms with E-state index in [4.69, 9.17) is 4.98 Å². The van der Waals surface area contributed by atoms with E-state index >= 15 is 0 Å². The zero-order chi connectivity index (χ0) is 25.1. The monoisotopic (exact) mass is 481 g/mol. The number of fused-ring (bicyclic) bond motifs is 4. The Kier molecular flexibility index (Phi) is 5.61. The molecule has 35 heavy (non-hydrogen) atoms. The molecule has 6 nitrogen and oxygen atoms in total. The lowest BCUT2D eigenvalue weighted by Crippen LogP contribution is -2.56. The Balaban J connectivity index is 1.66. The van der Waals surface area contributed by atoms with Crippen LogP contribution in [-0.4, -0.2) is 36.8 Å². The molecule has 182 valence electrons. The van der Waals surface area contributed by atoms with Crippen molar-refractivity contribution in [2.75, 3.05) is 0 Å². The van der Waals surface area contributed by atoms with Crippen molar-refractivity contribution >= 4 is 5.91 Å². The average molecular weight is 482 g/mol. The third kappa shape index (κ3) is 3.86. The summed E-state index contributed by atoms with van der Waals surface area (Å²) in [6.45, 7) is 7.32. The molecule has 1 saturated heterocycles. The topological polar surface area (TPSA) is 71.9 Å². The first-order valence-corrected chi connectivity index (χ1v) is 11.7. The first-order valence-electron chi connectivity index (χ1n) is 11.7. The van der Waals surface area contributed by atoms with Crippen molar-refractivity contribution in [3.05, 3.63) is 70.4 Å². The molecule has 0 N–H and O–H groups in total. The van der Waals surface area contributed by atoms with E-state index in [1.54, 1.807) is 30.3 Å². The quantitative estimate of drug-likeness (QED) is 0.493. The Hall–Kier alpha value is -3.36. The molecule has 0 unspecified atom stereocenters. The molecule has 1 aromatic carbocycles. The van der Waals surface area contributed by atoms with Crippen LogP contribution in [-0.2, 0) is 12.6 Å². The van der Waals surface area contributed by atoms with Crippen molar-refractivity contribution in [3.8, 4) is 11.5 Å². The molecule has 0 aliphatic carbocycles. The number of hydrogen-bond acceptors (Lipinski definition) is 5. The van der Waals surface area contributed by atoms with Gasteiger partial charge in [0.25, 0.3) is 5.91 Å². The summed E-state index contributed by atoms with van der Waals surface area (Å²) in [7, 11) is 0. The molecule has 2 aliphatic heterocycles. The summed E-state index contributed by atoms with van der Waals surface area (Å²) in [5.74, 6) is 0.866. The number of benzene rings is 1. The van der Waals surface area contributed by atoms with Crippen molar-refractivity contribution < 1.29 is 18.0 Å². The number of hydrogen-bond donors (Lipinski definition) is 0. The fourth-order valence-corrected chi connectivity index (χ4v) is 5.80. The van der Waals surface area contributed by atoms with Gasteiger partial charge in [0.05, 0.1) is 17.3 Å². The van der Waals surface area contributed by atoms with Crippen LogP contribution in [0.3, 0.4) is 0 Å². The predicted octanol–water partition coefficient (Wildman–Crippen LogP) is 5.35. The summed E-state index contributed by atoms with van der Waals surface area (Å²) in [5.41, 5.74) is 1.57. The minimum absolute atomic E-state index is 0.0496. The van der Waals surface area contributed by atoms with E-state index in [2.05, 4.69) is 28.8 Å². The normalized spacial score (nSPS) is 23.7. The van der Waals surface area contributed by atoms with Gasteiger partial charge in [0.15, 0.2) is 5.82 Å². The molecule has 4 heterocycles. The second kappa shape index (κ2) is 8.39. The van der Waals surface area contributed by atoms with Gasteiger partial charge in [-0.15, -0.1) is 0 Å². The molecule has 4 atom stereocenters. The molecule has 2 bridgehead atoms. The highest BCUT2D eigenvalue weighted by molar-refractivity contribution is 5.97. The summed E-state index contributed by atoms with van der Waals surface area (Å²) in [6.07, 6.45) is 0.179. The van der Waals surface area contributed by atoms with Gasteiger partial charge in [0, 0.05) is 29.6 Å². The Labute approximate surface area is 201 Å². The van der Waals surface area contributed by atoms with Gasteiger partial charge in [-0.2, -0.15) is 13.2 Å². The first kappa shape index (κ1) is 23.4. The molecule has 1 fully saturated rings. The third-order valence-corrected chi connectivity index (χ3v) is 7.32. The van der Waals surface area contributed by atoms with Crippen LogP contribution >= 0.6 is 0 Å². The lowest BCUT2D eigenvalue weighted by atomic mass is 9.71. The predicted molar refractivity (Wildman–Crippen MR) is 123 cm³/mol. The van der Waals surface area contributed by atoms with Crippen LogP contribution < -0.4 is 0 Å². The van der Waals surface area contributed by atoms with E-state index < -0.39 is 11.7 Å². The first-order chi connectivity index (χ1) is 16.6. The Morgan fingerprint density at radius 3 is 2.43 bits per heavy atom. The highest BCUT2D eigenvalue weighted by Crippen LogP contribution is 2.49. The van der Waals surface area contributed by atoms with Gasteiger partial charge >= 0.3 is 6.18 Å². The fourth-order valence-electron chi connectivity index (χ4n) is 5.80. The second-order valence-electron chi connectivity index (χ2n) is 9.65. The van der Waals surface area contributed by atoms with Crippen LogP contribution in [0.25, 0.3) is 11.5 Å². The van der Waals surface area contributed by atoms with Gasteiger partial charge < -0.3 is 4.90 Å². The maximum atomic E-state index is 13.9. The zero-order valence-corrected chi connectivity index (χ0v) is 20.0. The molecule has 0 spiro atoms. The Morgan fingerprint density at radius 2 is 1.74 bits per heavy atom. The number of amides is 1. The number of alkyl halides is 3. The fraction of sp³-hybridized carbons (Fsp3) is 0.423. The molecule has 2 aliphatic rings. The number of nitrogens with zero attached hydrogens (tertiary/aromatic N) is 5. The van der Waals surface area contributed by atoms with E-state index in [0.29, 0.717) is 23.8 Å². The van der Waals surface area contributed by atoms with Crippen LogP contribution in [0.15, 0.2) is 36.7 Å². The maximum Gasteiger partial charge on any atom is 0.416 e. The van der Waals surface area contributed by atoms with Gasteiger partial charge in [-0.3, -0.25) is 4.79 Å². The van der Waals surface area contributed by atoms with Crippen LogP contribution in [0, 0.1) is 25.7 Å². The number of halogens is 3. The van der Waals surface area contributed by atoms with E-state index in [-0.39, 0.29) is 41.0 Å². The van der Waals surface area contributed by atoms with Crippen molar-refractivity contribution in [1.82, 2.24) is 24.8 Å². The molecule has 0 saturated carbocycles. The summed E-state index contributed by atoms with van der Waals surface area (Å²) < 4.78 is 40.7. The molecule has 9 heteroatoms. The smallest absolute Gasteiger partial charge is 0.326 e. The zero-order valence-electron chi connectivity index (χ0n) is 20.0. The third-order valence-electron chi connectivity index (χ3n) is 7.32. The highest BCUT2D eigenvalue weighted by Gasteiger charge is 2.49. The number of aromatic nitrogens is 4. The Morgan fingerprint density at radius 1 is 1.03 bits per heavy atom. The molecular weight excluding hydrogens is 455 g/mol. The molecule has 1 amide bonds. The van der Waals surface area contributed by atoms with Crippen LogP contribution in [0.5, 0.6) is 0 Å².